The van der Waals surface area contributed by atoms with Crippen molar-refractivity contribution in [1.82, 2.24) is 4.90 Å². The summed E-state index contributed by atoms with van der Waals surface area (Å²) in [6.45, 7) is 0.362. The monoisotopic (exact) mass is 350 g/mol. The van der Waals surface area contributed by atoms with Crippen LogP contribution in [0.1, 0.15) is 39.5 Å². The largest absolute Gasteiger partial charge is 0.479 e. The van der Waals surface area contributed by atoms with Crippen molar-refractivity contribution >= 4 is 23.5 Å². The fourth-order valence-electron chi connectivity index (χ4n) is 3.73. The smallest absolute Gasteiger partial charge is 0.331 e. The molecule has 2 N–H and O–H groups in total. The lowest BCUT2D eigenvalue weighted by molar-refractivity contribution is -0.143. The van der Waals surface area contributed by atoms with Crippen LogP contribution in [0.3, 0.4) is 0 Å². The Kier molecular flexibility index (Phi) is 3.95. The van der Waals surface area contributed by atoms with E-state index in [9.17, 15) is 19.5 Å². The molecule has 2 aliphatic heterocycles. The summed E-state index contributed by atoms with van der Waals surface area (Å²) >= 11 is 0. The minimum atomic E-state index is -1.03. The zero-order chi connectivity index (χ0) is 18.3. The standard InChI is InChI=1S/C20H18N2O4/c23-17-8-6-13-11-14(5-7-16(13)21-17)19(24)22-10-9-12-3-1-2-4-15(12)18(22)20(25)26/h1-5,7,11,18H,6,8-10H2,(H,21,23)(H,25,26). The second kappa shape index (κ2) is 6.29. The van der Waals surface area contributed by atoms with Crippen LogP contribution in [0.4, 0.5) is 5.69 Å². The predicted octanol–water partition coefficient (Wildman–Crippen LogP) is 2.40. The lowest BCUT2D eigenvalue weighted by atomic mass is 9.91. The molecule has 2 amide bonds. The van der Waals surface area contributed by atoms with Crippen LogP contribution in [-0.2, 0) is 22.4 Å². The van der Waals surface area contributed by atoms with Gasteiger partial charge in [0.05, 0.1) is 0 Å². The molecule has 2 aliphatic rings. The number of carboxylic acids is 1. The van der Waals surface area contributed by atoms with Gasteiger partial charge in [-0.2, -0.15) is 0 Å². The van der Waals surface area contributed by atoms with E-state index in [0.717, 1.165) is 16.8 Å². The van der Waals surface area contributed by atoms with Crippen molar-refractivity contribution in [3.8, 4) is 0 Å². The molecule has 2 heterocycles. The van der Waals surface area contributed by atoms with Gasteiger partial charge < -0.3 is 15.3 Å². The molecule has 1 unspecified atom stereocenters. The van der Waals surface area contributed by atoms with Gasteiger partial charge in [0.2, 0.25) is 5.91 Å². The van der Waals surface area contributed by atoms with Crippen molar-refractivity contribution in [2.75, 3.05) is 11.9 Å². The number of benzene rings is 2. The highest BCUT2D eigenvalue weighted by atomic mass is 16.4. The number of nitrogens with one attached hydrogen (secondary N) is 1. The average Bonchev–Trinajstić information content (AvgIpc) is 2.65. The van der Waals surface area contributed by atoms with Gasteiger partial charge in [0.1, 0.15) is 0 Å². The van der Waals surface area contributed by atoms with Crippen LogP contribution in [0, 0.1) is 0 Å². The van der Waals surface area contributed by atoms with Crippen molar-refractivity contribution in [1.29, 1.82) is 0 Å². The van der Waals surface area contributed by atoms with E-state index in [0.29, 0.717) is 36.9 Å². The number of hydrogen-bond donors (Lipinski definition) is 2. The Balaban J connectivity index is 1.68. The van der Waals surface area contributed by atoms with E-state index in [1.807, 2.05) is 12.1 Å². The van der Waals surface area contributed by atoms with Gasteiger partial charge in [-0.25, -0.2) is 4.79 Å². The third-order valence-corrected chi connectivity index (χ3v) is 5.03. The predicted molar refractivity (Wildman–Crippen MR) is 95.0 cm³/mol. The maximum atomic E-state index is 13.0. The third kappa shape index (κ3) is 2.73. The summed E-state index contributed by atoms with van der Waals surface area (Å²) in [5.41, 5.74) is 3.71. The number of rotatable bonds is 2. The van der Waals surface area contributed by atoms with Gasteiger partial charge >= 0.3 is 5.97 Å². The molecular formula is C20H18N2O4. The van der Waals surface area contributed by atoms with E-state index in [2.05, 4.69) is 5.32 Å². The zero-order valence-corrected chi connectivity index (χ0v) is 14.1. The van der Waals surface area contributed by atoms with Gasteiger partial charge in [-0.3, -0.25) is 9.59 Å². The maximum absolute atomic E-state index is 13.0. The molecule has 0 spiro atoms. The van der Waals surface area contributed by atoms with Gasteiger partial charge in [-0.1, -0.05) is 24.3 Å². The Morgan fingerprint density at radius 3 is 2.65 bits per heavy atom. The summed E-state index contributed by atoms with van der Waals surface area (Å²) in [6.07, 6.45) is 1.60. The van der Waals surface area contributed by atoms with Crippen LogP contribution in [0.2, 0.25) is 0 Å². The number of carbonyl (C=O) groups is 3. The highest BCUT2D eigenvalue weighted by Gasteiger charge is 2.36. The third-order valence-electron chi connectivity index (χ3n) is 5.03. The number of aryl methyl sites for hydroxylation is 1. The summed E-state index contributed by atoms with van der Waals surface area (Å²) in [5.74, 6) is -1.36. The van der Waals surface area contributed by atoms with Crippen LogP contribution >= 0.6 is 0 Å². The number of nitrogens with zero attached hydrogens (tertiary/aromatic N) is 1. The number of carbonyl (C=O) groups excluding carboxylic acids is 2. The molecule has 132 valence electrons. The van der Waals surface area contributed by atoms with E-state index >= 15 is 0 Å². The first kappa shape index (κ1) is 16.3. The molecule has 0 fully saturated rings. The second-order valence-corrected chi connectivity index (χ2v) is 6.61. The Hall–Kier alpha value is -3.15. The Bertz CT molecular complexity index is 922. The first-order valence-electron chi connectivity index (χ1n) is 8.59. The molecule has 6 nitrogen and oxygen atoms in total. The lowest BCUT2D eigenvalue weighted by Crippen LogP contribution is -2.43. The summed E-state index contributed by atoms with van der Waals surface area (Å²) in [6, 6.07) is 11.5. The molecule has 0 saturated carbocycles. The van der Waals surface area contributed by atoms with E-state index in [-0.39, 0.29) is 11.8 Å². The zero-order valence-electron chi connectivity index (χ0n) is 14.1. The van der Waals surface area contributed by atoms with Crippen LogP contribution in [-0.4, -0.2) is 34.3 Å². The molecule has 4 rings (SSSR count). The number of hydrogen-bond acceptors (Lipinski definition) is 3. The van der Waals surface area contributed by atoms with Crippen molar-refractivity contribution < 1.29 is 19.5 Å². The molecule has 0 saturated heterocycles. The fourth-order valence-corrected chi connectivity index (χ4v) is 3.73. The molecule has 6 heteroatoms. The normalized spacial score (nSPS) is 18.5. The number of anilines is 1. The van der Waals surface area contributed by atoms with E-state index in [4.69, 9.17) is 0 Å². The first-order chi connectivity index (χ1) is 12.5. The van der Waals surface area contributed by atoms with Crippen molar-refractivity contribution in [2.45, 2.75) is 25.3 Å². The maximum Gasteiger partial charge on any atom is 0.331 e. The van der Waals surface area contributed by atoms with Crippen molar-refractivity contribution in [2.24, 2.45) is 0 Å². The van der Waals surface area contributed by atoms with E-state index in [1.165, 1.54) is 4.90 Å². The van der Waals surface area contributed by atoms with Crippen LogP contribution in [0.5, 0.6) is 0 Å². The minimum absolute atomic E-state index is 0.0323. The first-order valence-corrected chi connectivity index (χ1v) is 8.59. The van der Waals surface area contributed by atoms with Crippen LogP contribution in [0.15, 0.2) is 42.5 Å². The average molecular weight is 350 g/mol. The Morgan fingerprint density at radius 2 is 1.85 bits per heavy atom. The quantitative estimate of drug-likeness (QED) is 0.871. The van der Waals surface area contributed by atoms with Crippen molar-refractivity contribution in [3.63, 3.8) is 0 Å². The number of fused-ring (bicyclic) bond motifs is 2. The van der Waals surface area contributed by atoms with Crippen LogP contribution < -0.4 is 5.32 Å². The molecule has 0 bridgehead atoms. The number of aliphatic carboxylic acids is 1. The number of carboxylic acid groups (broad SMARTS) is 1. The molecule has 2 aromatic carbocycles. The minimum Gasteiger partial charge on any atom is -0.479 e. The van der Waals surface area contributed by atoms with Gasteiger partial charge in [0, 0.05) is 24.2 Å². The van der Waals surface area contributed by atoms with Gasteiger partial charge in [-0.05, 0) is 47.7 Å². The SMILES string of the molecule is O=C1CCc2cc(C(=O)N3CCc4ccccc4C3C(=O)O)ccc2N1. The fraction of sp³-hybridized carbons (Fsp3) is 0.250. The Morgan fingerprint density at radius 1 is 1.04 bits per heavy atom. The highest BCUT2D eigenvalue weighted by molar-refractivity contribution is 5.99. The summed E-state index contributed by atoms with van der Waals surface area (Å²) in [5, 5.41) is 12.5. The van der Waals surface area contributed by atoms with E-state index < -0.39 is 12.0 Å². The van der Waals surface area contributed by atoms with E-state index in [1.54, 1.807) is 30.3 Å². The summed E-state index contributed by atoms with van der Waals surface area (Å²) < 4.78 is 0. The molecule has 2 aromatic rings. The summed E-state index contributed by atoms with van der Waals surface area (Å²) in [7, 11) is 0. The molecular weight excluding hydrogens is 332 g/mol. The Labute approximate surface area is 150 Å². The van der Waals surface area contributed by atoms with Gasteiger partial charge in [0.15, 0.2) is 6.04 Å². The summed E-state index contributed by atoms with van der Waals surface area (Å²) in [4.78, 5) is 37.8. The lowest BCUT2D eigenvalue weighted by Gasteiger charge is -2.35. The second-order valence-electron chi connectivity index (χ2n) is 6.61. The highest BCUT2D eigenvalue weighted by Crippen LogP contribution is 2.32. The van der Waals surface area contributed by atoms with Crippen LogP contribution in [0.25, 0.3) is 0 Å². The topological polar surface area (TPSA) is 86.7 Å². The molecule has 0 radical (unpaired) electrons. The molecule has 26 heavy (non-hydrogen) atoms. The molecule has 0 aromatic heterocycles. The van der Waals surface area contributed by atoms with Gasteiger partial charge in [0.25, 0.3) is 5.91 Å². The molecule has 0 aliphatic carbocycles. The molecule has 1 atom stereocenters. The van der Waals surface area contributed by atoms with Gasteiger partial charge in [-0.15, -0.1) is 0 Å². The number of amides is 2. The van der Waals surface area contributed by atoms with Crippen molar-refractivity contribution in [3.05, 3.63) is 64.7 Å².